The van der Waals surface area contributed by atoms with Gasteiger partial charge in [-0.2, -0.15) is 10.2 Å². The summed E-state index contributed by atoms with van der Waals surface area (Å²) in [6.07, 6.45) is 10.2. The first-order chi connectivity index (χ1) is 17.3. The smallest absolute Gasteiger partial charge is 0.169 e. The number of piperidine rings is 2. The van der Waals surface area contributed by atoms with Crippen molar-refractivity contribution in [3.63, 3.8) is 0 Å². The molecule has 0 unspecified atom stereocenters. The van der Waals surface area contributed by atoms with Crippen molar-refractivity contribution in [2.75, 3.05) is 32.4 Å². The number of alkyl halides is 1. The van der Waals surface area contributed by atoms with Gasteiger partial charge in [-0.1, -0.05) is 24.4 Å². The highest BCUT2D eigenvalue weighted by Gasteiger charge is 2.29. The summed E-state index contributed by atoms with van der Waals surface area (Å²) in [7, 11) is 0. The van der Waals surface area contributed by atoms with Gasteiger partial charge in [-0.25, -0.2) is 9.37 Å². The van der Waals surface area contributed by atoms with Crippen LogP contribution in [0.1, 0.15) is 56.7 Å². The zero-order valence-electron chi connectivity index (χ0n) is 21.7. The van der Waals surface area contributed by atoms with E-state index in [-0.39, 0.29) is 0 Å². The minimum absolute atomic E-state index is 0.404. The van der Waals surface area contributed by atoms with Gasteiger partial charge in [0, 0.05) is 43.5 Å². The van der Waals surface area contributed by atoms with Gasteiger partial charge in [-0.15, -0.1) is 0 Å². The van der Waals surface area contributed by atoms with Gasteiger partial charge in [-0.3, -0.25) is 4.90 Å². The Morgan fingerprint density at radius 1 is 1.08 bits per heavy atom. The molecule has 0 amide bonds. The van der Waals surface area contributed by atoms with Crippen LogP contribution in [0.3, 0.4) is 0 Å². The Morgan fingerprint density at radius 3 is 2.47 bits per heavy atom. The number of aromatic nitrogens is 4. The number of rotatable bonds is 7. The van der Waals surface area contributed by atoms with Crippen LogP contribution in [0.15, 0.2) is 54.1 Å². The van der Waals surface area contributed by atoms with E-state index < -0.39 is 5.67 Å². The maximum Gasteiger partial charge on any atom is 0.169 e. The van der Waals surface area contributed by atoms with Crippen molar-refractivity contribution in [3.05, 3.63) is 60.1 Å². The Labute approximate surface area is 218 Å². The highest BCUT2D eigenvalue weighted by Crippen LogP contribution is 2.36. The molecule has 8 heteroatoms. The molecular weight excluding hydrogens is 471 g/mol. The highest BCUT2D eigenvalue weighted by molar-refractivity contribution is 7.98. The molecule has 0 spiro atoms. The molecule has 0 atom stereocenters. The first-order valence-electron chi connectivity index (χ1n) is 13.0. The summed E-state index contributed by atoms with van der Waals surface area (Å²) in [6, 6.07) is 8.34. The van der Waals surface area contributed by atoms with E-state index in [0.29, 0.717) is 17.5 Å². The van der Waals surface area contributed by atoms with Gasteiger partial charge in [0.05, 0.1) is 17.2 Å². The van der Waals surface area contributed by atoms with Gasteiger partial charge < -0.3 is 9.47 Å². The summed E-state index contributed by atoms with van der Waals surface area (Å²) >= 11 is 1.67. The molecule has 0 radical (unpaired) electrons. The van der Waals surface area contributed by atoms with E-state index in [1.165, 1.54) is 11.3 Å². The second-order valence-corrected chi connectivity index (χ2v) is 11.4. The number of halogens is 1. The first-order valence-corrected chi connectivity index (χ1v) is 14.2. The molecule has 5 rings (SSSR count). The van der Waals surface area contributed by atoms with Crippen LogP contribution in [0.25, 0.3) is 11.0 Å². The number of likely N-dealkylation sites (tertiary alicyclic amines) is 2. The Kier molecular flexibility index (Phi) is 7.35. The van der Waals surface area contributed by atoms with Crippen molar-refractivity contribution in [3.8, 4) is 0 Å². The second kappa shape index (κ2) is 10.5. The fourth-order valence-corrected chi connectivity index (χ4v) is 6.34. The largest absolute Gasteiger partial charge is 0.375 e. The van der Waals surface area contributed by atoms with Crippen molar-refractivity contribution < 1.29 is 4.39 Å². The van der Waals surface area contributed by atoms with Gasteiger partial charge in [-0.05, 0) is 88.2 Å². The summed E-state index contributed by atoms with van der Waals surface area (Å²) < 4.78 is 16.9. The molecule has 36 heavy (non-hydrogen) atoms. The fraction of sp³-hybridized carbons (Fsp3) is 0.536. The zero-order chi connectivity index (χ0) is 25.3. The summed E-state index contributed by atoms with van der Waals surface area (Å²) in [6.45, 7) is 12.9. The van der Waals surface area contributed by atoms with Crippen LogP contribution in [0, 0.1) is 5.92 Å². The third kappa shape index (κ3) is 5.30. The monoisotopic (exact) mass is 508 g/mol. The average Bonchev–Trinajstić information content (AvgIpc) is 3.27. The summed E-state index contributed by atoms with van der Waals surface area (Å²) in [4.78, 5) is 9.89. The molecule has 0 bridgehead atoms. The molecule has 0 aliphatic carbocycles. The molecule has 2 saturated heterocycles. The van der Waals surface area contributed by atoms with E-state index in [9.17, 15) is 4.39 Å². The van der Waals surface area contributed by atoms with E-state index in [4.69, 9.17) is 4.98 Å². The quantitative estimate of drug-likeness (QED) is 0.375. The van der Waals surface area contributed by atoms with Gasteiger partial charge in [0.2, 0.25) is 0 Å². The number of hydrogen-bond donors (Lipinski definition) is 0. The Balaban J connectivity index is 1.19. The van der Waals surface area contributed by atoms with Crippen LogP contribution in [0.4, 0.5) is 4.39 Å². The predicted molar refractivity (Wildman–Crippen MR) is 145 cm³/mol. The summed E-state index contributed by atoms with van der Waals surface area (Å²) in [5.41, 5.74) is 3.86. The Hall–Kier alpha value is -2.45. The average molecular weight is 509 g/mol. The maximum atomic E-state index is 14.5. The fourth-order valence-electron chi connectivity index (χ4n) is 5.71. The van der Waals surface area contributed by atoms with Crippen LogP contribution >= 0.6 is 11.8 Å². The standard InChI is InChI=1S/C28H37FN6S/c1-20(22-8-13-33(14-9-22)19-21-7-12-30-31-18-21)34-15-10-24(11-16-34)35-26-6-5-23(28(2,3)29)17-25(26)32-27(35)36-4/h5-7,12,17-18,22,24H,1,8-11,13-16,19H2,2-4H3. The number of hydrogen-bond acceptors (Lipinski definition) is 6. The van der Waals surface area contributed by atoms with E-state index in [1.807, 2.05) is 18.3 Å². The predicted octanol–water partition coefficient (Wildman–Crippen LogP) is 5.82. The third-order valence-corrected chi connectivity index (χ3v) is 8.53. The minimum Gasteiger partial charge on any atom is -0.375 e. The molecular formula is C28H37FN6S. The number of fused-ring (bicyclic) bond motifs is 1. The van der Waals surface area contributed by atoms with Crippen LogP contribution in [0.5, 0.6) is 0 Å². The van der Waals surface area contributed by atoms with Gasteiger partial charge in [0.1, 0.15) is 5.67 Å². The Morgan fingerprint density at radius 2 is 1.83 bits per heavy atom. The number of benzene rings is 1. The van der Waals surface area contributed by atoms with E-state index in [2.05, 4.69) is 49.5 Å². The van der Waals surface area contributed by atoms with Gasteiger partial charge in [0.15, 0.2) is 5.16 Å². The van der Waals surface area contributed by atoms with Crippen LogP contribution in [0.2, 0.25) is 0 Å². The molecule has 3 aromatic rings. The SMILES string of the molecule is C=C(C1CCN(Cc2ccnnc2)CC1)N1CCC(n2c(SC)nc3cc(C(C)(C)F)ccc32)CC1. The van der Waals surface area contributed by atoms with E-state index >= 15 is 0 Å². The Bertz CT molecular complexity index is 1190. The van der Waals surface area contributed by atoms with Crippen LogP contribution < -0.4 is 0 Å². The number of allylic oxidation sites excluding steroid dienone is 1. The first kappa shape index (κ1) is 25.2. The molecule has 0 N–H and O–H groups in total. The molecule has 192 valence electrons. The minimum atomic E-state index is -1.37. The topological polar surface area (TPSA) is 50.1 Å². The normalized spacial score (nSPS) is 18.7. The van der Waals surface area contributed by atoms with Crippen molar-refractivity contribution >= 4 is 22.8 Å². The van der Waals surface area contributed by atoms with Crippen LogP contribution in [-0.4, -0.2) is 62.0 Å². The van der Waals surface area contributed by atoms with Gasteiger partial charge >= 0.3 is 0 Å². The lowest BCUT2D eigenvalue weighted by Crippen LogP contribution is -2.40. The second-order valence-electron chi connectivity index (χ2n) is 10.7. The maximum absolute atomic E-state index is 14.5. The van der Waals surface area contributed by atoms with Crippen molar-refractivity contribution in [2.45, 2.75) is 62.9 Å². The summed E-state index contributed by atoms with van der Waals surface area (Å²) in [5.74, 6) is 0.562. The summed E-state index contributed by atoms with van der Waals surface area (Å²) in [5, 5.41) is 8.90. The molecule has 0 saturated carbocycles. The lowest BCUT2D eigenvalue weighted by Gasteiger charge is -2.41. The molecule has 1 aromatic carbocycles. The van der Waals surface area contributed by atoms with Crippen LogP contribution in [-0.2, 0) is 12.2 Å². The van der Waals surface area contributed by atoms with Crippen molar-refractivity contribution in [1.82, 2.24) is 29.5 Å². The molecule has 2 aliphatic heterocycles. The molecule has 4 heterocycles. The third-order valence-electron chi connectivity index (χ3n) is 7.87. The molecule has 2 aliphatic rings. The number of thioether (sulfide) groups is 1. The van der Waals surface area contributed by atoms with E-state index in [1.54, 1.807) is 31.8 Å². The molecule has 6 nitrogen and oxygen atoms in total. The van der Waals surface area contributed by atoms with Crippen molar-refractivity contribution in [2.24, 2.45) is 5.92 Å². The van der Waals surface area contributed by atoms with Gasteiger partial charge in [0.25, 0.3) is 0 Å². The molecule has 2 aromatic heterocycles. The number of nitrogens with zero attached hydrogens (tertiary/aromatic N) is 6. The lowest BCUT2D eigenvalue weighted by molar-refractivity contribution is 0.153. The highest BCUT2D eigenvalue weighted by atomic mass is 32.2. The number of imidazole rings is 1. The molecule has 2 fully saturated rings. The van der Waals surface area contributed by atoms with E-state index in [0.717, 1.165) is 74.6 Å². The lowest BCUT2D eigenvalue weighted by atomic mass is 9.91. The zero-order valence-corrected chi connectivity index (χ0v) is 22.5. The van der Waals surface area contributed by atoms with Crippen molar-refractivity contribution in [1.29, 1.82) is 0 Å².